The lowest BCUT2D eigenvalue weighted by Crippen LogP contribution is -2.45. The molecule has 132 valence electrons. The highest BCUT2D eigenvalue weighted by molar-refractivity contribution is 5.96. The molecule has 0 spiro atoms. The van der Waals surface area contributed by atoms with Crippen LogP contribution in [0.15, 0.2) is 30.7 Å². The summed E-state index contributed by atoms with van der Waals surface area (Å²) in [4.78, 5) is 28.8. The third-order valence-electron chi connectivity index (χ3n) is 4.66. The number of carbonyl (C=O) groups is 2. The molecule has 7 heteroatoms. The number of aryl methyl sites for hydroxylation is 1. The minimum Gasteiger partial charge on any atom is -0.469 e. The van der Waals surface area contributed by atoms with E-state index in [1.165, 1.54) is 7.11 Å². The van der Waals surface area contributed by atoms with Gasteiger partial charge in [0.25, 0.3) is 5.91 Å². The number of pyridine rings is 1. The third-order valence-corrected chi connectivity index (χ3v) is 4.66. The molecule has 1 aliphatic heterocycles. The molecule has 0 aromatic carbocycles. The predicted molar refractivity (Wildman–Crippen MR) is 90.9 cm³/mol. The smallest absolute Gasteiger partial charge is 0.308 e. The molecule has 2 aromatic rings. The number of esters is 1. The van der Waals surface area contributed by atoms with Gasteiger partial charge in [-0.15, -0.1) is 0 Å². The number of fused-ring (bicyclic) bond motifs is 1. The zero-order chi connectivity index (χ0) is 17.9. The van der Waals surface area contributed by atoms with Crippen molar-refractivity contribution in [3.8, 4) is 0 Å². The quantitative estimate of drug-likeness (QED) is 0.838. The van der Waals surface area contributed by atoms with Crippen LogP contribution in [-0.4, -0.2) is 33.8 Å². The fourth-order valence-corrected chi connectivity index (χ4v) is 3.23. The number of ether oxygens (including phenoxy) is 1. The molecule has 25 heavy (non-hydrogen) atoms. The summed E-state index contributed by atoms with van der Waals surface area (Å²) in [6.45, 7) is 2.65. The molecular weight excluding hydrogens is 320 g/mol. The van der Waals surface area contributed by atoms with Gasteiger partial charge < -0.3 is 10.1 Å². The summed E-state index contributed by atoms with van der Waals surface area (Å²) in [5.74, 6) is -0.622. The largest absolute Gasteiger partial charge is 0.469 e. The number of nitrogens with one attached hydrogen (secondary N) is 1. The van der Waals surface area contributed by atoms with Crippen molar-refractivity contribution in [2.24, 2.45) is 0 Å². The highest BCUT2D eigenvalue weighted by atomic mass is 16.5. The molecule has 0 radical (unpaired) electrons. The summed E-state index contributed by atoms with van der Waals surface area (Å²) in [6.07, 6.45) is 7.88. The number of rotatable bonds is 5. The summed E-state index contributed by atoms with van der Waals surface area (Å²) in [5.41, 5.74) is 1.43. The number of hydrogen-bond acceptors (Lipinski definition) is 5. The summed E-state index contributed by atoms with van der Waals surface area (Å²) in [6, 6.07) is 3.58. The van der Waals surface area contributed by atoms with Crippen LogP contribution in [0.4, 0.5) is 0 Å². The Morgan fingerprint density at radius 3 is 2.80 bits per heavy atom. The molecule has 0 saturated carbocycles. The zero-order valence-electron chi connectivity index (χ0n) is 14.5. The van der Waals surface area contributed by atoms with Crippen molar-refractivity contribution in [2.45, 2.75) is 44.7 Å². The van der Waals surface area contributed by atoms with E-state index in [1.54, 1.807) is 30.7 Å². The van der Waals surface area contributed by atoms with Crippen LogP contribution >= 0.6 is 0 Å². The fraction of sp³-hybridized carbons (Fsp3) is 0.444. The minimum atomic E-state index is -0.892. The van der Waals surface area contributed by atoms with E-state index >= 15 is 0 Å². The van der Waals surface area contributed by atoms with Gasteiger partial charge in [-0.25, -0.2) is 0 Å². The van der Waals surface area contributed by atoms with Gasteiger partial charge in [-0.3, -0.25) is 19.3 Å². The molecule has 3 rings (SSSR count). The Labute approximate surface area is 146 Å². The molecule has 0 saturated heterocycles. The number of carbonyl (C=O) groups excluding carboxylic acids is 2. The number of aromatic nitrogens is 3. The molecule has 3 heterocycles. The average Bonchev–Trinajstić information content (AvgIpc) is 3.06. The Morgan fingerprint density at radius 1 is 1.32 bits per heavy atom. The van der Waals surface area contributed by atoms with Crippen molar-refractivity contribution < 1.29 is 14.3 Å². The molecule has 1 N–H and O–H groups in total. The first kappa shape index (κ1) is 17.1. The van der Waals surface area contributed by atoms with Crippen molar-refractivity contribution in [2.75, 3.05) is 7.11 Å². The third kappa shape index (κ3) is 3.55. The van der Waals surface area contributed by atoms with Gasteiger partial charge >= 0.3 is 5.97 Å². The summed E-state index contributed by atoms with van der Waals surface area (Å²) in [5, 5.41) is 7.32. The van der Waals surface area contributed by atoms with Gasteiger partial charge in [-0.2, -0.15) is 5.10 Å². The number of hydrogen-bond donors (Lipinski definition) is 1. The molecule has 2 aromatic heterocycles. The highest BCUT2D eigenvalue weighted by Crippen LogP contribution is 2.26. The van der Waals surface area contributed by atoms with Crippen LogP contribution in [0.5, 0.6) is 0 Å². The molecule has 1 atom stereocenters. The molecule has 1 aliphatic rings. The second-order valence-electron chi connectivity index (χ2n) is 6.46. The molecule has 7 nitrogen and oxygen atoms in total. The lowest BCUT2D eigenvalue weighted by molar-refractivity contribution is -0.142. The highest BCUT2D eigenvalue weighted by Gasteiger charge is 2.33. The van der Waals surface area contributed by atoms with Gasteiger partial charge in [0, 0.05) is 18.9 Å². The standard InChI is InChI=1S/C18H22N4O3/c1-18(11-16(23)25-2,13-6-8-19-9-7-13)21-17(24)14-12-20-22-10-4-3-5-15(14)22/h6-9,12H,3-5,10-11H2,1-2H3,(H,21,24)/t18-/m1/s1. The predicted octanol–water partition coefficient (Wildman–Crippen LogP) is 1.82. The monoisotopic (exact) mass is 342 g/mol. The van der Waals surface area contributed by atoms with Gasteiger partial charge in [-0.05, 0) is 43.9 Å². The Kier molecular flexibility index (Phi) is 4.83. The van der Waals surface area contributed by atoms with Gasteiger partial charge in [0.15, 0.2) is 0 Å². The first-order chi connectivity index (χ1) is 12.0. The second kappa shape index (κ2) is 7.04. The normalized spacial score (nSPS) is 15.8. The Bertz CT molecular complexity index is 772. The van der Waals surface area contributed by atoms with E-state index in [2.05, 4.69) is 15.4 Å². The number of methoxy groups -OCH3 is 1. The van der Waals surface area contributed by atoms with Crippen LogP contribution in [0.25, 0.3) is 0 Å². The van der Waals surface area contributed by atoms with Crippen LogP contribution in [-0.2, 0) is 28.0 Å². The van der Waals surface area contributed by atoms with Crippen LogP contribution in [0, 0.1) is 0 Å². The lowest BCUT2D eigenvalue weighted by atomic mass is 9.88. The molecule has 0 bridgehead atoms. The van der Waals surface area contributed by atoms with E-state index in [-0.39, 0.29) is 12.3 Å². The maximum atomic E-state index is 12.9. The Morgan fingerprint density at radius 2 is 2.08 bits per heavy atom. The number of nitrogens with zero attached hydrogens (tertiary/aromatic N) is 3. The van der Waals surface area contributed by atoms with E-state index in [9.17, 15) is 9.59 Å². The Hall–Kier alpha value is -2.70. The van der Waals surface area contributed by atoms with Crippen LogP contribution in [0.2, 0.25) is 0 Å². The van der Waals surface area contributed by atoms with E-state index in [4.69, 9.17) is 4.74 Å². The van der Waals surface area contributed by atoms with Crippen molar-refractivity contribution >= 4 is 11.9 Å². The summed E-state index contributed by atoms with van der Waals surface area (Å²) < 4.78 is 6.70. The van der Waals surface area contributed by atoms with Crippen molar-refractivity contribution in [1.29, 1.82) is 0 Å². The zero-order valence-corrected chi connectivity index (χ0v) is 14.5. The first-order valence-corrected chi connectivity index (χ1v) is 8.38. The SMILES string of the molecule is COC(=O)C[C@@](C)(NC(=O)c1cnn2c1CCCC2)c1ccncc1. The van der Waals surface area contributed by atoms with Crippen molar-refractivity contribution in [1.82, 2.24) is 20.1 Å². The summed E-state index contributed by atoms with van der Waals surface area (Å²) in [7, 11) is 1.34. The van der Waals surface area contributed by atoms with E-state index < -0.39 is 11.5 Å². The topological polar surface area (TPSA) is 86.1 Å². The van der Waals surface area contributed by atoms with E-state index in [0.717, 1.165) is 37.1 Å². The van der Waals surface area contributed by atoms with E-state index in [0.29, 0.717) is 5.56 Å². The van der Waals surface area contributed by atoms with Gasteiger partial charge in [0.2, 0.25) is 0 Å². The molecule has 1 amide bonds. The Balaban J connectivity index is 1.88. The van der Waals surface area contributed by atoms with Crippen molar-refractivity contribution in [3.05, 3.63) is 47.5 Å². The van der Waals surface area contributed by atoms with Gasteiger partial charge in [0.05, 0.1) is 36.5 Å². The molecule has 0 aliphatic carbocycles. The number of amides is 1. The first-order valence-electron chi connectivity index (χ1n) is 8.38. The molecular formula is C18H22N4O3. The summed E-state index contributed by atoms with van der Waals surface area (Å²) >= 11 is 0. The van der Waals surface area contributed by atoms with Gasteiger partial charge in [-0.1, -0.05) is 0 Å². The average molecular weight is 342 g/mol. The lowest BCUT2D eigenvalue weighted by Gasteiger charge is -2.30. The van der Waals surface area contributed by atoms with Crippen molar-refractivity contribution in [3.63, 3.8) is 0 Å². The molecule has 0 unspecified atom stereocenters. The maximum Gasteiger partial charge on any atom is 0.308 e. The molecule has 0 fully saturated rings. The maximum absolute atomic E-state index is 12.9. The van der Waals surface area contributed by atoms with Crippen LogP contribution in [0.3, 0.4) is 0 Å². The van der Waals surface area contributed by atoms with Crippen LogP contribution in [0.1, 0.15) is 47.8 Å². The second-order valence-corrected chi connectivity index (χ2v) is 6.46. The fourth-order valence-electron chi connectivity index (χ4n) is 3.23. The van der Waals surface area contributed by atoms with Gasteiger partial charge in [0.1, 0.15) is 0 Å². The minimum absolute atomic E-state index is 0.0305. The van der Waals surface area contributed by atoms with Crippen LogP contribution < -0.4 is 5.32 Å². The van der Waals surface area contributed by atoms with E-state index in [1.807, 2.05) is 11.6 Å².